The van der Waals surface area contributed by atoms with Crippen molar-refractivity contribution in [2.45, 2.75) is 9.79 Å². The summed E-state index contributed by atoms with van der Waals surface area (Å²) in [5, 5.41) is 0.653. The third kappa shape index (κ3) is 2.74. The lowest BCUT2D eigenvalue weighted by Gasteiger charge is -2.18. The number of hydrogen-bond donors (Lipinski definition) is 1. The van der Waals surface area contributed by atoms with Crippen LogP contribution in [0.25, 0.3) is 0 Å². The zero-order valence-corrected chi connectivity index (χ0v) is 11.6. The Morgan fingerprint density at radius 1 is 1.00 bits per heavy atom. The quantitative estimate of drug-likeness (QED) is 0.854. The molecule has 2 aromatic carbocycles. The van der Waals surface area contributed by atoms with Gasteiger partial charge < -0.3 is 15.2 Å². The van der Waals surface area contributed by atoms with Crippen LogP contribution >= 0.6 is 23.4 Å². The van der Waals surface area contributed by atoms with Crippen molar-refractivity contribution in [1.29, 1.82) is 0 Å². The van der Waals surface area contributed by atoms with Gasteiger partial charge in [0.1, 0.15) is 13.2 Å². The first-order valence-corrected chi connectivity index (χ1v) is 7.04. The summed E-state index contributed by atoms with van der Waals surface area (Å²) in [6.45, 7) is 1.19. The van der Waals surface area contributed by atoms with E-state index in [0.717, 1.165) is 21.3 Å². The molecule has 2 N–H and O–H groups in total. The number of halogens is 1. The van der Waals surface area contributed by atoms with Crippen LogP contribution in [0, 0.1) is 0 Å². The van der Waals surface area contributed by atoms with Crippen LogP contribution in [-0.2, 0) is 0 Å². The maximum atomic E-state index is 6.17. The molecule has 0 aromatic heterocycles. The smallest absolute Gasteiger partial charge is 0.162 e. The van der Waals surface area contributed by atoms with Crippen molar-refractivity contribution in [2.24, 2.45) is 0 Å². The monoisotopic (exact) mass is 293 g/mol. The fourth-order valence-electron chi connectivity index (χ4n) is 1.81. The normalized spacial score (nSPS) is 13.3. The van der Waals surface area contributed by atoms with Crippen LogP contribution in [0.4, 0.5) is 5.69 Å². The predicted octanol–water partition coefficient (Wildman–Crippen LogP) is 3.84. The third-order valence-electron chi connectivity index (χ3n) is 2.70. The van der Waals surface area contributed by atoms with E-state index >= 15 is 0 Å². The molecule has 0 radical (unpaired) electrons. The van der Waals surface area contributed by atoms with Crippen molar-refractivity contribution in [3.63, 3.8) is 0 Å². The second-order valence-corrected chi connectivity index (χ2v) is 5.62. The van der Waals surface area contributed by atoms with Gasteiger partial charge in [-0.05, 0) is 36.4 Å². The fourth-order valence-corrected chi connectivity index (χ4v) is 2.97. The highest BCUT2D eigenvalue weighted by atomic mass is 35.5. The Hall–Kier alpha value is -1.52. The molecule has 1 heterocycles. The van der Waals surface area contributed by atoms with E-state index < -0.39 is 0 Å². The van der Waals surface area contributed by atoms with Crippen LogP contribution in [0.15, 0.2) is 46.2 Å². The summed E-state index contributed by atoms with van der Waals surface area (Å²) in [6, 6.07) is 11.4. The Balaban J connectivity index is 1.87. The van der Waals surface area contributed by atoms with E-state index in [2.05, 4.69) is 0 Å². The third-order valence-corrected chi connectivity index (χ3v) is 4.19. The zero-order valence-electron chi connectivity index (χ0n) is 10.1. The van der Waals surface area contributed by atoms with Gasteiger partial charge >= 0.3 is 0 Å². The van der Waals surface area contributed by atoms with Crippen LogP contribution in [0.3, 0.4) is 0 Å². The van der Waals surface area contributed by atoms with Crippen molar-refractivity contribution in [3.8, 4) is 11.5 Å². The molecule has 2 aromatic rings. The van der Waals surface area contributed by atoms with E-state index in [-0.39, 0.29) is 0 Å². The van der Waals surface area contributed by atoms with Gasteiger partial charge in [0.15, 0.2) is 11.5 Å². The van der Waals surface area contributed by atoms with Crippen molar-refractivity contribution < 1.29 is 9.47 Å². The summed E-state index contributed by atoms with van der Waals surface area (Å²) in [5.41, 5.74) is 6.35. The van der Waals surface area contributed by atoms with E-state index in [4.69, 9.17) is 26.8 Å². The molecule has 0 amide bonds. The first-order valence-electron chi connectivity index (χ1n) is 5.85. The molecule has 0 atom stereocenters. The van der Waals surface area contributed by atoms with Gasteiger partial charge in [-0.3, -0.25) is 0 Å². The molecule has 0 spiro atoms. The minimum Gasteiger partial charge on any atom is -0.486 e. The molecule has 3 rings (SSSR count). The number of nitrogen functional groups attached to an aromatic ring is 1. The molecule has 19 heavy (non-hydrogen) atoms. The fraction of sp³-hybridized carbons (Fsp3) is 0.143. The van der Waals surface area contributed by atoms with Crippen LogP contribution in [-0.4, -0.2) is 13.2 Å². The van der Waals surface area contributed by atoms with E-state index in [9.17, 15) is 0 Å². The Labute approximate surface area is 120 Å². The molecule has 0 unspecified atom stereocenters. The van der Waals surface area contributed by atoms with E-state index in [1.807, 2.05) is 30.3 Å². The Morgan fingerprint density at radius 3 is 2.58 bits per heavy atom. The second-order valence-electron chi connectivity index (χ2n) is 4.10. The summed E-state index contributed by atoms with van der Waals surface area (Å²) in [4.78, 5) is 2.02. The molecular weight excluding hydrogens is 282 g/mol. The average molecular weight is 294 g/mol. The van der Waals surface area contributed by atoms with Gasteiger partial charge in [-0.1, -0.05) is 23.4 Å². The predicted molar refractivity (Wildman–Crippen MR) is 77.4 cm³/mol. The van der Waals surface area contributed by atoms with Gasteiger partial charge in [-0.25, -0.2) is 0 Å². The molecule has 3 nitrogen and oxygen atoms in total. The lowest BCUT2D eigenvalue weighted by molar-refractivity contribution is 0.171. The minimum atomic E-state index is 0.587. The molecule has 0 aliphatic carbocycles. The number of rotatable bonds is 2. The number of benzene rings is 2. The maximum absolute atomic E-state index is 6.17. The summed E-state index contributed by atoms with van der Waals surface area (Å²) >= 11 is 7.74. The number of anilines is 1. The van der Waals surface area contributed by atoms with Crippen molar-refractivity contribution in [1.82, 2.24) is 0 Å². The van der Waals surface area contributed by atoms with E-state index in [1.165, 1.54) is 0 Å². The summed E-state index contributed by atoms with van der Waals surface area (Å²) in [6.07, 6.45) is 0. The first-order chi connectivity index (χ1) is 9.22. The van der Waals surface area contributed by atoms with Gasteiger partial charge in [0.05, 0.1) is 5.02 Å². The molecule has 5 heteroatoms. The Kier molecular flexibility index (Phi) is 3.44. The van der Waals surface area contributed by atoms with Crippen LogP contribution in [0.2, 0.25) is 5.02 Å². The zero-order chi connectivity index (χ0) is 13.2. The van der Waals surface area contributed by atoms with E-state index in [0.29, 0.717) is 23.9 Å². The van der Waals surface area contributed by atoms with Crippen molar-refractivity contribution >= 4 is 29.1 Å². The molecule has 1 aliphatic rings. The molecule has 1 aliphatic heterocycles. The lowest BCUT2D eigenvalue weighted by atomic mass is 10.3. The van der Waals surface area contributed by atoms with Crippen LogP contribution in [0.5, 0.6) is 11.5 Å². The van der Waals surface area contributed by atoms with Gasteiger partial charge in [0, 0.05) is 15.5 Å². The van der Waals surface area contributed by atoms with Crippen molar-refractivity contribution in [2.75, 3.05) is 18.9 Å². The SMILES string of the molecule is Nc1ccc(Sc2ccc3c(c2)OCCO3)c(Cl)c1. The van der Waals surface area contributed by atoms with Gasteiger partial charge in [0.25, 0.3) is 0 Å². The molecular formula is C14H12ClNO2S. The largest absolute Gasteiger partial charge is 0.486 e. The Bertz CT molecular complexity index is 618. The molecule has 0 saturated heterocycles. The number of ether oxygens (including phenoxy) is 2. The average Bonchev–Trinajstić information content (AvgIpc) is 2.42. The lowest BCUT2D eigenvalue weighted by Crippen LogP contribution is -2.15. The summed E-state index contributed by atoms with van der Waals surface area (Å²) in [7, 11) is 0. The molecule has 98 valence electrons. The highest BCUT2D eigenvalue weighted by molar-refractivity contribution is 7.99. The molecule has 0 saturated carbocycles. The standard InChI is InChI=1S/C14H12ClNO2S/c15-11-7-9(16)1-4-14(11)19-10-2-3-12-13(8-10)18-6-5-17-12/h1-4,7-8H,5-6,16H2. The van der Waals surface area contributed by atoms with Crippen LogP contribution < -0.4 is 15.2 Å². The summed E-state index contributed by atoms with van der Waals surface area (Å²) < 4.78 is 11.1. The highest BCUT2D eigenvalue weighted by Crippen LogP contribution is 2.39. The topological polar surface area (TPSA) is 44.5 Å². The molecule has 0 fully saturated rings. The maximum Gasteiger partial charge on any atom is 0.162 e. The highest BCUT2D eigenvalue weighted by Gasteiger charge is 2.12. The van der Waals surface area contributed by atoms with Gasteiger partial charge in [0.2, 0.25) is 0 Å². The second kappa shape index (κ2) is 5.23. The van der Waals surface area contributed by atoms with E-state index in [1.54, 1.807) is 17.8 Å². The van der Waals surface area contributed by atoms with Crippen molar-refractivity contribution in [3.05, 3.63) is 41.4 Å². The minimum absolute atomic E-state index is 0.587. The number of hydrogen-bond acceptors (Lipinski definition) is 4. The number of fused-ring (bicyclic) bond motifs is 1. The Morgan fingerprint density at radius 2 is 1.79 bits per heavy atom. The summed E-state index contributed by atoms with van der Waals surface area (Å²) in [5.74, 6) is 1.57. The van der Waals surface area contributed by atoms with Gasteiger partial charge in [-0.15, -0.1) is 0 Å². The first kappa shape index (κ1) is 12.5. The van der Waals surface area contributed by atoms with Crippen LogP contribution in [0.1, 0.15) is 0 Å². The van der Waals surface area contributed by atoms with Gasteiger partial charge in [-0.2, -0.15) is 0 Å². The number of nitrogens with two attached hydrogens (primary N) is 1. The molecule has 0 bridgehead atoms.